The second kappa shape index (κ2) is 5.37. The van der Waals surface area contributed by atoms with Crippen molar-refractivity contribution in [2.24, 2.45) is 34.5 Å². The van der Waals surface area contributed by atoms with E-state index in [2.05, 4.69) is 11.8 Å². The lowest BCUT2D eigenvalue weighted by molar-refractivity contribution is -0.315. The Hall–Kier alpha value is -0.280. The molecule has 0 unspecified atom stereocenters. The zero-order valence-electron chi connectivity index (χ0n) is 17.5. The number of rotatable bonds is 2. The van der Waals surface area contributed by atoms with Crippen LogP contribution in [-0.2, 0) is 4.74 Å². The van der Waals surface area contributed by atoms with Crippen molar-refractivity contribution in [2.75, 3.05) is 20.2 Å². The molecule has 5 aliphatic carbocycles. The number of hydrogen-bond acceptors (Lipinski definition) is 7. The van der Waals surface area contributed by atoms with Gasteiger partial charge in [0.1, 0.15) is 11.2 Å². The van der Waals surface area contributed by atoms with Gasteiger partial charge in [-0.25, -0.2) is 0 Å². The largest absolute Gasteiger partial charge is 0.392 e. The van der Waals surface area contributed by atoms with Crippen molar-refractivity contribution < 1.29 is 30.3 Å². The van der Waals surface area contributed by atoms with Crippen molar-refractivity contribution in [1.29, 1.82) is 0 Å². The fraction of sp³-hybridized carbons (Fsp3) is 1.00. The molecule has 29 heavy (non-hydrogen) atoms. The van der Waals surface area contributed by atoms with Gasteiger partial charge in [-0.1, -0.05) is 13.8 Å². The number of likely N-dealkylation sites (tertiary alicyclic amines) is 1. The number of methoxy groups -OCH3 is 1. The summed E-state index contributed by atoms with van der Waals surface area (Å²) in [6, 6.07) is -0.517. The number of fused-ring (bicyclic) bond motifs is 2. The van der Waals surface area contributed by atoms with E-state index in [1.807, 2.05) is 6.92 Å². The van der Waals surface area contributed by atoms with Crippen molar-refractivity contribution in [2.45, 2.75) is 81.2 Å². The molecule has 5 saturated carbocycles. The summed E-state index contributed by atoms with van der Waals surface area (Å²) in [5, 5.41) is 59.0. The first-order valence-corrected chi connectivity index (χ1v) is 11.4. The minimum absolute atomic E-state index is 0.110. The van der Waals surface area contributed by atoms with E-state index >= 15 is 0 Å². The first-order chi connectivity index (χ1) is 13.6. The molecule has 0 radical (unpaired) electrons. The Morgan fingerprint density at radius 3 is 2.55 bits per heavy atom. The smallest absolute Gasteiger partial charge is 0.136 e. The molecule has 0 aromatic carbocycles. The van der Waals surface area contributed by atoms with E-state index in [0.29, 0.717) is 19.4 Å². The summed E-state index contributed by atoms with van der Waals surface area (Å²) in [4.78, 5) is 2.21. The molecule has 0 aromatic heterocycles. The highest BCUT2D eigenvalue weighted by Gasteiger charge is 2.90. The van der Waals surface area contributed by atoms with Gasteiger partial charge < -0.3 is 30.3 Å². The third-order valence-corrected chi connectivity index (χ3v) is 10.8. The van der Waals surface area contributed by atoms with Gasteiger partial charge in [-0.05, 0) is 37.1 Å². The standard InChI is InChI=1S/C22H35NO6/c1-4-23-9-19(2)6-5-13(24)21-11-7-10-12(29-3)8-20(27,14(11)15(10)25)22(28,18(21)23)17(26)16(19)21/h10-18,24-28H,4-9H2,1-3H3/t10-,11-,12+,13+,14-,15+,16-,17-,18+,19+,20-,21+,22-/m1/s1. The lowest BCUT2D eigenvalue weighted by atomic mass is 9.43. The predicted molar refractivity (Wildman–Crippen MR) is 103 cm³/mol. The van der Waals surface area contributed by atoms with Crippen LogP contribution in [0.1, 0.15) is 39.5 Å². The second-order valence-corrected chi connectivity index (χ2v) is 11.3. The molecular weight excluding hydrogens is 374 g/mol. The summed E-state index contributed by atoms with van der Waals surface area (Å²) in [5.41, 5.74) is -4.40. The van der Waals surface area contributed by atoms with Crippen molar-refractivity contribution in [1.82, 2.24) is 4.90 Å². The van der Waals surface area contributed by atoms with E-state index in [-0.39, 0.29) is 35.7 Å². The summed E-state index contributed by atoms with van der Waals surface area (Å²) >= 11 is 0. The van der Waals surface area contributed by atoms with Gasteiger partial charge in [0.2, 0.25) is 0 Å². The van der Waals surface area contributed by atoms with Gasteiger partial charge in [0.25, 0.3) is 0 Å². The molecule has 7 bridgehead atoms. The van der Waals surface area contributed by atoms with Crippen LogP contribution in [-0.4, -0.2) is 92.3 Å². The van der Waals surface area contributed by atoms with Gasteiger partial charge in [0, 0.05) is 43.2 Å². The normalized spacial score (nSPS) is 67.7. The van der Waals surface area contributed by atoms with E-state index in [9.17, 15) is 25.5 Å². The van der Waals surface area contributed by atoms with Gasteiger partial charge >= 0.3 is 0 Å². The van der Waals surface area contributed by atoms with E-state index in [4.69, 9.17) is 4.74 Å². The maximum atomic E-state index is 12.3. The van der Waals surface area contributed by atoms with Crippen LogP contribution < -0.4 is 0 Å². The predicted octanol–water partition coefficient (Wildman–Crippen LogP) is -0.664. The zero-order valence-corrected chi connectivity index (χ0v) is 17.5. The van der Waals surface area contributed by atoms with Crippen LogP contribution in [0.15, 0.2) is 0 Å². The highest BCUT2D eigenvalue weighted by atomic mass is 16.5. The first-order valence-electron chi connectivity index (χ1n) is 11.4. The molecule has 6 fully saturated rings. The van der Waals surface area contributed by atoms with Crippen molar-refractivity contribution in [3.05, 3.63) is 0 Å². The first kappa shape index (κ1) is 19.4. The number of nitrogens with zero attached hydrogens (tertiary/aromatic N) is 1. The van der Waals surface area contributed by atoms with E-state index < -0.39 is 46.9 Å². The summed E-state index contributed by atoms with van der Waals surface area (Å²) in [5.74, 6) is -1.10. The molecule has 1 spiro atoms. The van der Waals surface area contributed by atoms with E-state index in [0.717, 1.165) is 13.0 Å². The van der Waals surface area contributed by atoms with E-state index in [1.54, 1.807) is 7.11 Å². The molecular formula is C22H35NO6. The summed E-state index contributed by atoms with van der Waals surface area (Å²) in [6.07, 6.45) is -0.665. The van der Waals surface area contributed by atoms with Crippen LogP contribution in [0.5, 0.6) is 0 Å². The molecule has 7 heteroatoms. The summed E-state index contributed by atoms with van der Waals surface area (Å²) < 4.78 is 5.68. The van der Waals surface area contributed by atoms with Crippen LogP contribution in [0.4, 0.5) is 0 Å². The third-order valence-electron chi connectivity index (χ3n) is 10.8. The maximum absolute atomic E-state index is 12.3. The Morgan fingerprint density at radius 2 is 1.90 bits per heavy atom. The number of aliphatic hydroxyl groups is 5. The highest BCUT2D eigenvalue weighted by molar-refractivity contribution is 5.40. The third kappa shape index (κ3) is 1.67. The van der Waals surface area contributed by atoms with Crippen LogP contribution in [0.2, 0.25) is 0 Å². The quantitative estimate of drug-likeness (QED) is 0.411. The molecule has 5 N–H and O–H groups in total. The number of likely N-dealkylation sites (N-methyl/N-ethyl adjacent to an activating group) is 1. The zero-order chi connectivity index (χ0) is 20.7. The Balaban J connectivity index is 1.67. The summed E-state index contributed by atoms with van der Waals surface area (Å²) in [7, 11) is 1.59. The Labute approximate surface area is 171 Å². The van der Waals surface area contributed by atoms with Gasteiger partial charge in [0.15, 0.2) is 0 Å². The molecule has 1 aliphatic heterocycles. The number of aliphatic hydroxyl groups excluding tert-OH is 3. The maximum Gasteiger partial charge on any atom is 0.136 e. The van der Waals surface area contributed by atoms with Gasteiger partial charge in [-0.2, -0.15) is 0 Å². The average Bonchev–Trinajstić information content (AvgIpc) is 3.04. The molecule has 13 atom stereocenters. The van der Waals surface area contributed by atoms with Crippen molar-refractivity contribution >= 4 is 0 Å². The number of hydrogen-bond donors (Lipinski definition) is 5. The Bertz CT molecular complexity index is 751. The lowest BCUT2D eigenvalue weighted by Gasteiger charge is -2.69. The molecule has 6 aliphatic rings. The molecule has 1 saturated heterocycles. The second-order valence-electron chi connectivity index (χ2n) is 11.3. The highest BCUT2D eigenvalue weighted by Crippen LogP contribution is 2.79. The molecule has 0 aromatic rings. The minimum atomic E-state index is -1.80. The molecule has 6 rings (SSSR count). The fourth-order valence-electron chi connectivity index (χ4n) is 10.2. The Kier molecular flexibility index (Phi) is 3.59. The van der Waals surface area contributed by atoms with Gasteiger partial charge in [-0.3, -0.25) is 4.90 Å². The van der Waals surface area contributed by atoms with Crippen LogP contribution in [0, 0.1) is 34.5 Å². The molecule has 7 nitrogen and oxygen atoms in total. The van der Waals surface area contributed by atoms with Crippen LogP contribution in [0.25, 0.3) is 0 Å². The van der Waals surface area contributed by atoms with E-state index in [1.165, 1.54) is 0 Å². The van der Waals surface area contributed by atoms with Crippen LogP contribution >= 0.6 is 0 Å². The molecule has 164 valence electrons. The monoisotopic (exact) mass is 409 g/mol. The number of ether oxygens (including phenoxy) is 1. The lowest BCUT2D eigenvalue weighted by Crippen LogP contribution is -2.81. The minimum Gasteiger partial charge on any atom is -0.392 e. The topological polar surface area (TPSA) is 114 Å². The van der Waals surface area contributed by atoms with Crippen molar-refractivity contribution in [3.8, 4) is 0 Å². The molecule has 1 heterocycles. The molecule has 0 amide bonds. The van der Waals surface area contributed by atoms with Crippen LogP contribution in [0.3, 0.4) is 0 Å². The van der Waals surface area contributed by atoms with Crippen molar-refractivity contribution in [3.63, 3.8) is 0 Å². The Morgan fingerprint density at radius 1 is 1.17 bits per heavy atom. The summed E-state index contributed by atoms with van der Waals surface area (Å²) in [6.45, 7) is 5.66. The average molecular weight is 410 g/mol. The van der Waals surface area contributed by atoms with Gasteiger partial charge in [-0.15, -0.1) is 0 Å². The number of piperidine rings is 1. The van der Waals surface area contributed by atoms with Gasteiger partial charge in [0.05, 0.1) is 30.5 Å². The SMILES string of the molecule is CCN1C[C@]2(C)CC[C@H](O)[C@@]34[C@@H]5C[C@H]6[C@H](O)[C@@H]5[C@](O)(C[C@@H]6OC)[C@@](O)([C@H](O)[C@H]23)[C@@H]14. The fourth-order valence-corrected chi connectivity index (χ4v) is 10.2.